The van der Waals surface area contributed by atoms with Gasteiger partial charge in [-0.3, -0.25) is 20.1 Å². The number of carbonyl (C=O) groups excluding carboxylic acids is 1. The molecule has 0 atom stereocenters. The Balaban J connectivity index is 1.46. The number of carbonyl (C=O) groups is 1. The summed E-state index contributed by atoms with van der Waals surface area (Å²) in [6.07, 6.45) is 2.15. The first-order valence-electron chi connectivity index (χ1n) is 12.5. The number of amides is 2. The monoisotopic (exact) mass is 484 g/mol. The van der Waals surface area contributed by atoms with Gasteiger partial charge in [0, 0.05) is 25.3 Å². The van der Waals surface area contributed by atoms with Crippen molar-refractivity contribution in [1.29, 1.82) is 0 Å². The number of nitrogens with zero attached hydrogens (tertiary/aromatic N) is 3. The lowest BCUT2D eigenvalue weighted by Crippen LogP contribution is -2.57. The van der Waals surface area contributed by atoms with Crippen molar-refractivity contribution in [2.75, 3.05) is 18.0 Å². The average Bonchev–Trinajstić information content (AvgIpc) is 3.11. The van der Waals surface area contributed by atoms with E-state index in [2.05, 4.69) is 22.3 Å². The van der Waals surface area contributed by atoms with Gasteiger partial charge in [-0.25, -0.2) is 4.79 Å². The minimum absolute atomic E-state index is 0.153. The number of benzene rings is 2. The van der Waals surface area contributed by atoms with Crippen LogP contribution in [0.25, 0.3) is 0 Å². The van der Waals surface area contributed by atoms with Crippen LogP contribution in [0.5, 0.6) is 0 Å². The van der Waals surface area contributed by atoms with Gasteiger partial charge in [0.05, 0.1) is 11.6 Å². The van der Waals surface area contributed by atoms with E-state index in [0.29, 0.717) is 18.7 Å². The van der Waals surface area contributed by atoms with Crippen molar-refractivity contribution >= 4 is 17.6 Å². The fraction of sp³-hybridized carbons (Fsp3) is 0.481. The van der Waals surface area contributed by atoms with Crippen LogP contribution in [-0.2, 0) is 12.7 Å². The molecule has 2 aromatic rings. The van der Waals surface area contributed by atoms with E-state index in [1.165, 1.54) is 18.1 Å². The molecule has 3 aliphatic rings. The van der Waals surface area contributed by atoms with Gasteiger partial charge in [0.15, 0.2) is 0 Å². The molecule has 0 radical (unpaired) electrons. The molecular formula is C27H31F3N4O. The van der Waals surface area contributed by atoms with Crippen LogP contribution in [0.15, 0.2) is 59.6 Å². The number of urea groups is 1. The number of halogens is 3. The molecule has 1 saturated carbocycles. The Kier molecular flexibility index (Phi) is 6.57. The first-order valence-corrected chi connectivity index (χ1v) is 12.5. The lowest BCUT2D eigenvalue weighted by molar-refractivity contribution is -0.137. The van der Waals surface area contributed by atoms with Crippen LogP contribution in [0.3, 0.4) is 0 Å². The summed E-state index contributed by atoms with van der Waals surface area (Å²) in [5.74, 6) is 0.631. The van der Waals surface area contributed by atoms with Crippen molar-refractivity contribution in [3.63, 3.8) is 0 Å². The molecule has 5 rings (SSSR count). The molecule has 8 heteroatoms. The first kappa shape index (κ1) is 23.9. The number of aliphatic imine (C=N–C) groups is 1. The van der Waals surface area contributed by atoms with E-state index in [9.17, 15) is 18.0 Å². The molecule has 0 aromatic heterocycles. The molecule has 2 heterocycles. The fourth-order valence-corrected chi connectivity index (χ4v) is 5.69. The maximum atomic E-state index is 13.5. The van der Waals surface area contributed by atoms with E-state index < -0.39 is 23.3 Å². The summed E-state index contributed by atoms with van der Waals surface area (Å²) in [7, 11) is 0. The molecule has 35 heavy (non-hydrogen) atoms. The van der Waals surface area contributed by atoms with Crippen LogP contribution in [0.4, 0.5) is 23.7 Å². The van der Waals surface area contributed by atoms with Gasteiger partial charge < -0.3 is 0 Å². The number of piperidine rings is 1. The van der Waals surface area contributed by atoms with Gasteiger partial charge in [-0.15, -0.1) is 0 Å². The number of amidine groups is 1. The highest BCUT2D eigenvalue weighted by atomic mass is 19.4. The lowest BCUT2D eigenvalue weighted by Gasteiger charge is -2.44. The first-order chi connectivity index (χ1) is 16.8. The minimum Gasteiger partial charge on any atom is -0.299 e. The average molecular weight is 485 g/mol. The van der Waals surface area contributed by atoms with E-state index in [4.69, 9.17) is 4.99 Å². The van der Waals surface area contributed by atoms with Crippen LogP contribution >= 0.6 is 0 Å². The number of nitrogens with one attached hydrogen (secondary N) is 1. The molecule has 2 amide bonds. The smallest absolute Gasteiger partial charge is 0.299 e. The van der Waals surface area contributed by atoms with Crippen LogP contribution in [-0.4, -0.2) is 41.4 Å². The number of likely N-dealkylation sites (tertiary alicyclic amines) is 1. The number of alkyl halides is 3. The van der Waals surface area contributed by atoms with Crippen molar-refractivity contribution in [3.8, 4) is 0 Å². The number of anilines is 1. The Labute approximate surface area is 204 Å². The zero-order valence-electron chi connectivity index (χ0n) is 19.7. The highest BCUT2D eigenvalue weighted by molar-refractivity contribution is 6.19. The Morgan fingerprint density at radius 2 is 1.69 bits per heavy atom. The summed E-state index contributed by atoms with van der Waals surface area (Å²) >= 11 is 0. The third kappa shape index (κ3) is 4.94. The van der Waals surface area contributed by atoms with E-state index in [1.807, 2.05) is 18.2 Å². The molecule has 1 spiro atoms. The number of hydrogen-bond acceptors (Lipinski definition) is 3. The molecule has 1 N–H and O–H groups in total. The number of hydrogen-bond donors (Lipinski definition) is 1. The van der Waals surface area contributed by atoms with Crippen molar-refractivity contribution in [3.05, 3.63) is 65.7 Å². The second-order valence-electron chi connectivity index (χ2n) is 9.88. The minimum atomic E-state index is -4.47. The largest absolute Gasteiger partial charge is 0.416 e. The molecular weight excluding hydrogens is 453 g/mol. The molecule has 3 fully saturated rings. The number of rotatable bonds is 4. The second kappa shape index (κ2) is 9.64. The fourth-order valence-electron chi connectivity index (χ4n) is 5.69. The van der Waals surface area contributed by atoms with Crippen molar-refractivity contribution in [1.82, 2.24) is 10.2 Å². The van der Waals surface area contributed by atoms with E-state index in [0.717, 1.165) is 57.5 Å². The molecule has 2 aliphatic heterocycles. The maximum absolute atomic E-state index is 13.5. The van der Waals surface area contributed by atoms with Gasteiger partial charge >= 0.3 is 12.2 Å². The Morgan fingerprint density at radius 1 is 0.971 bits per heavy atom. The lowest BCUT2D eigenvalue weighted by atomic mass is 9.84. The van der Waals surface area contributed by atoms with Gasteiger partial charge in [-0.05, 0) is 49.4 Å². The van der Waals surface area contributed by atoms with Crippen LogP contribution in [0.2, 0.25) is 0 Å². The molecule has 2 saturated heterocycles. The van der Waals surface area contributed by atoms with Crippen molar-refractivity contribution in [2.45, 2.75) is 69.2 Å². The topological polar surface area (TPSA) is 47.9 Å². The van der Waals surface area contributed by atoms with E-state index in [-0.39, 0.29) is 11.7 Å². The Bertz CT molecular complexity index is 1070. The summed E-state index contributed by atoms with van der Waals surface area (Å²) in [6.45, 7) is 2.25. The maximum Gasteiger partial charge on any atom is 0.416 e. The molecule has 1 aliphatic carbocycles. The van der Waals surface area contributed by atoms with E-state index in [1.54, 1.807) is 11.0 Å². The quantitative estimate of drug-likeness (QED) is 0.579. The van der Waals surface area contributed by atoms with Gasteiger partial charge in [0.2, 0.25) is 0 Å². The molecule has 5 nitrogen and oxygen atoms in total. The predicted octanol–water partition coefficient (Wildman–Crippen LogP) is 6.00. The van der Waals surface area contributed by atoms with Crippen LogP contribution in [0, 0.1) is 0 Å². The summed E-state index contributed by atoms with van der Waals surface area (Å²) in [4.78, 5) is 22.2. The molecule has 0 bridgehead atoms. The highest BCUT2D eigenvalue weighted by Gasteiger charge is 2.53. The van der Waals surface area contributed by atoms with Crippen LogP contribution < -0.4 is 10.2 Å². The third-order valence-electron chi connectivity index (χ3n) is 7.55. The standard InChI is InChI=1S/C27H31F3N4O/c28-27(29,30)21-10-7-13-23(18-21)34-25(35)32-24(31-22-11-5-2-6-12-22)26(34)14-16-33(17-15-26)19-20-8-3-1-4-9-20/h1,3-4,7-10,13,18,22H,2,5-6,11-12,14-17,19H2,(H,31,32,35). The van der Waals surface area contributed by atoms with Crippen molar-refractivity contribution < 1.29 is 18.0 Å². The van der Waals surface area contributed by atoms with Crippen molar-refractivity contribution in [2.24, 2.45) is 4.99 Å². The summed E-state index contributed by atoms with van der Waals surface area (Å²) in [6, 6.07) is 15.1. The van der Waals surface area contributed by atoms with Gasteiger partial charge in [0.25, 0.3) is 0 Å². The molecule has 186 valence electrons. The molecule has 2 aromatic carbocycles. The Morgan fingerprint density at radius 3 is 2.37 bits per heavy atom. The third-order valence-corrected chi connectivity index (χ3v) is 7.55. The highest BCUT2D eigenvalue weighted by Crippen LogP contribution is 2.40. The zero-order valence-corrected chi connectivity index (χ0v) is 19.7. The van der Waals surface area contributed by atoms with Gasteiger partial charge in [0.1, 0.15) is 11.4 Å². The predicted molar refractivity (Wildman–Crippen MR) is 130 cm³/mol. The molecule has 0 unspecified atom stereocenters. The second-order valence-corrected chi connectivity index (χ2v) is 9.88. The van der Waals surface area contributed by atoms with Crippen LogP contribution in [0.1, 0.15) is 56.1 Å². The Hall–Kier alpha value is -2.87. The summed E-state index contributed by atoms with van der Waals surface area (Å²) in [5, 5.41) is 2.97. The summed E-state index contributed by atoms with van der Waals surface area (Å²) < 4.78 is 40.4. The van der Waals surface area contributed by atoms with E-state index >= 15 is 0 Å². The SMILES string of the molecule is O=C1NC(=NC2CCCCC2)C2(CCN(Cc3ccccc3)CC2)N1c1cccc(C(F)(F)F)c1. The van der Waals surface area contributed by atoms with Gasteiger partial charge in [-0.2, -0.15) is 13.2 Å². The normalized spacial score (nSPS) is 22.7. The zero-order chi connectivity index (χ0) is 24.5. The van der Waals surface area contributed by atoms with Gasteiger partial charge in [-0.1, -0.05) is 55.7 Å². The summed E-state index contributed by atoms with van der Waals surface area (Å²) in [5.41, 5.74) is -0.0268.